The summed E-state index contributed by atoms with van der Waals surface area (Å²) in [5.41, 5.74) is 2.19. The van der Waals surface area contributed by atoms with Gasteiger partial charge in [0.1, 0.15) is 6.61 Å². The highest BCUT2D eigenvalue weighted by Crippen LogP contribution is 2.37. The van der Waals surface area contributed by atoms with E-state index in [-0.39, 0.29) is 0 Å². The van der Waals surface area contributed by atoms with Crippen molar-refractivity contribution in [1.82, 2.24) is 10.2 Å². The summed E-state index contributed by atoms with van der Waals surface area (Å²) in [6.07, 6.45) is 0. The normalized spacial score (nSPS) is 11.0. The number of hydrogen-bond donors (Lipinski definition) is 1. The van der Waals surface area contributed by atoms with Crippen molar-refractivity contribution >= 4 is 11.6 Å². The van der Waals surface area contributed by atoms with Crippen LogP contribution in [0, 0.1) is 0 Å². The van der Waals surface area contributed by atoms with Crippen LogP contribution < -0.4 is 14.8 Å². The number of benzene rings is 2. The van der Waals surface area contributed by atoms with Crippen LogP contribution in [0.5, 0.6) is 11.5 Å². The molecule has 5 heteroatoms. The SMILES string of the molecule is CCOc1cc(CNCCN(CC)CC)cc(Cl)c1OCc1ccccc1. The summed E-state index contributed by atoms with van der Waals surface area (Å²) in [5, 5.41) is 4.06. The minimum absolute atomic E-state index is 0.460. The average molecular weight is 391 g/mol. The van der Waals surface area contributed by atoms with Crippen LogP contribution in [0.3, 0.4) is 0 Å². The van der Waals surface area contributed by atoms with E-state index in [1.807, 2.05) is 49.4 Å². The Hall–Kier alpha value is -1.75. The van der Waals surface area contributed by atoms with Gasteiger partial charge in [0.15, 0.2) is 11.5 Å². The Morgan fingerprint density at radius 2 is 1.70 bits per heavy atom. The van der Waals surface area contributed by atoms with E-state index in [2.05, 4.69) is 24.1 Å². The first-order chi connectivity index (χ1) is 13.2. The topological polar surface area (TPSA) is 33.7 Å². The molecule has 148 valence electrons. The lowest BCUT2D eigenvalue weighted by molar-refractivity contribution is 0.269. The number of rotatable bonds is 12. The molecule has 0 heterocycles. The number of halogens is 1. The first-order valence-corrected chi connectivity index (χ1v) is 10.1. The number of nitrogens with zero attached hydrogens (tertiary/aromatic N) is 1. The van der Waals surface area contributed by atoms with Gasteiger partial charge in [-0.3, -0.25) is 0 Å². The second-order valence-corrected chi connectivity index (χ2v) is 6.72. The van der Waals surface area contributed by atoms with Gasteiger partial charge >= 0.3 is 0 Å². The van der Waals surface area contributed by atoms with Gasteiger partial charge in [-0.2, -0.15) is 0 Å². The Kier molecular flexibility index (Phi) is 9.46. The molecule has 0 aromatic heterocycles. The number of nitrogens with one attached hydrogen (secondary N) is 1. The van der Waals surface area contributed by atoms with Gasteiger partial charge in [-0.25, -0.2) is 0 Å². The molecule has 0 spiro atoms. The fourth-order valence-corrected chi connectivity index (χ4v) is 3.15. The summed E-state index contributed by atoms with van der Waals surface area (Å²) < 4.78 is 11.7. The predicted molar refractivity (Wildman–Crippen MR) is 113 cm³/mol. The smallest absolute Gasteiger partial charge is 0.180 e. The fraction of sp³-hybridized carbons (Fsp3) is 0.455. The molecule has 0 aliphatic carbocycles. The van der Waals surface area contributed by atoms with Crippen molar-refractivity contribution in [3.8, 4) is 11.5 Å². The van der Waals surface area contributed by atoms with E-state index in [4.69, 9.17) is 21.1 Å². The number of ether oxygens (including phenoxy) is 2. The highest BCUT2D eigenvalue weighted by atomic mass is 35.5. The van der Waals surface area contributed by atoms with E-state index >= 15 is 0 Å². The Labute approximate surface area is 168 Å². The van der Waals surface area contributed by atoms with Gasteiger partial charge in [-0.05, 0) is 43.3 Å². The molecule has 2 rings (SSSR count). The summed E-state index contributed by atoms with van der Waals surface area (Å²) in [4.78, 5) is 2.39. The van der Waals surface area contributed by atoms with Crippen molar-refractivity contribution in [2.45, 2.75) is 33.9 Å². The standard InChI is InChI=1S/C22H31ClN2O2/c1-4-25(5-2)13-12-24-16-19-14-20(23)22(21(15-19)26-6-3)27-17-18-10-8-7-9-11-18/h7-11,14-15,24H,4-6,12-13,16-17H2,1-3H3. The van der Waals surface area contributed by atoms with Crippen LogP contribution >= 0.6 is 11.6 Å². The highest BCUT2D eigenvalue weighted by Gasteiger charge is 2.13. The molecule has 4 nitrogen and oxygen atoms in total. The van der Waals surface area contributed by atoms with Crippen LogP contribution in [0.4, 0.5) is 0 Å². The monoisotopic (exact) mass is 390 g/mol. The lowest BCUT2D eigenvalue weighted by Gasteiger charge is -2.18. The Morgan fingerprint density at radius 3 is 2.37 bits per heavy atom. The molecule has 0 fully saturated rings. The van der Waals surface area contributed by atoms with Gasteiger partial charge in [0.2, 0.25) is 0 Å². The molecule has 0 saturated carbocycles. The van der Waals surface area contributed by atoms with E-state index in [9.17, 15) is 0 Å². The molecule has 0 radical (unpaired) electrons. The number of hydrogen-bond acceptors (Lipinski definition) is 4. The van der Waals surface area contributed by atoms with Crippen molar-refractivity contribution in [1.29, 1.82) is 0 Å². The third-order valence-corrected chi connectivity index (χ3v) is 4.70. The minimum atomic E-state index is 0.460. The lowest BCUT2D eigenvalue weighted by Crippen LogP contribution is -2.31. The zero-order valence-electron chi connectivity index (χ0n) is 16.6. The molecule has 2 aromatic rings. The van der Waals surface area contributed by atoms with Gasteiger partial charge in [-0.15, -0.1) is 0 Å². The molecule has 0 amide bonds. The van der Waals surface area contributed by atoms with Gasteiger partial charge in [0.25, 0.3) is 0 Å². The quantitative estimate of drug-likeness (QED) is 0.530. The van der Waals surface area contributed by atoms with Crippen LogP contribution in [-0.4, -0.2) is 37.7 Å². The highest BCUT2D eigenvalue weighted by molar-refractivity contribution is 6.32. The molecule has 0 bridgehead atoms. The van der Waals surface area contributed by atoms with Gasteiger partial charge in [-0.1, -0.05) is 55.8 Å². The second kappa shape index (κ2) is 11.9. The zero-order valence-corrected chi connectivity index (χ0v) is 17.4. The lowest BCUT2D eigenvalue weighted by atomic mass is 10.2. The van der Waals surface area contributed by atoms with E-state index in [1.54, 1.807) is 0 Å². The summed E-state index contributed by atoms with van der Waals surface area (Å²) >= 11 is 6.50. The molecule has 0 atom stereocenters. The van der Waals surface area contributed by atoms with Crippen molar-refractivity contribution in [3.63, 3.8) is 0 Å². The maximum absolute atomic E-state index is 6.50. The van der Waals surface area contributed by atoms with Gasteiger partial charge in [0, 0.05) is 19.6 Å². The summed E-state index contributed by atoms with van der Waals surface area (Å²) in [7, 11) is 0. The molecule has 2 aromatic carbocycles. The maximum Gasteiger partial charge on any atom is 0.180 e. The van der Waals surface area contributed by atoms with Crippen molar-refractivity contribution in [2.75, 3.05) is 32.8 Å². The summed E-state index contributed by atoms with van der Waals surface area (Å²) in [6.45, 7) is 12.2. The molecular formula is C22H31ClN2O2. The first-order valence-electron chi connectivity index (χ1n) is 9.72. The van der Waals surface area contributed by atoms with Gasteiger partial charge < -0.3 is 19.7 Å². The van der Waals surface area contributed by atoms with Crippen LogP contribution in [0.2, 0.25) is 5.02 Å². The molecule has 0 saturated heterocycles. The van der Waals surface area contributed by atoms with Crippen molar-refractivity contribution in [3.05, 3.63) is 58.6 Å². The van der Waals surface area contributed by atoms with Crippen LogP contribution in [0.15, 0.2) is 42.5 Å². The summed E-state index contributed by atoms with van der Waals surface area (Å²) in [5.74, 6) is 1.30. The molecule has 1 N–H and O–H groups in total. The minimum Gasteiger partial charge on any atom is -0.490 e. The van der Waals surface area contributed by atoms with Crippen LogP contribution in [0.1, 0.15) is 31.9 Å². The zero-order chi connectivity index (χ0) is 19.5. The third kappa shape index (κ3) is 7.06. The van der Waals surface area contributed by atoms with Crippen molar-refractivity contribution in [2.24, 2.45) is 0 Å². The molecular weight excluding hydrogens is 360 g/mol. The molecule has 0 unspecified atom stereocenters. The van der Waals surface area contributed by atoms with E-state index < -0.39 is 0 Å². The third-order valence-electron chi connectivity index (χ3n) is 4.42. The van der Waals surface area contributed by atoms with Crippen LogP contribution in [-0.2, 0) is 13.2 Å². The Balaban J connectivity index is 1.99. The number of likely N-dealkylation sites (N-methyl/N-ethyl adjacent to an activating group) is 1. The van der Waals surface area contributed by atoms with E-state index in [0.29, 0.717) is 29.7 Å². The average Bonchev–Trinajstić information content (AvgIpc) is 2.68. The molecule has 0 aliphatic rings. The Morgan fingerprint density at radius 1 is 0.963 bits per heavy atom. The second-order valence-electron chi connectivity index (χ2n) is 6.32. The van der Waals surface area contributed by atoms with E-state index in [0.717, 1.165) is 43.9 Å². The first kappa shape index (κ1) is 21.5. The predicted octanol–water partition coefficient (Wildman–Crippen LogP) is 4.75. The maximum atomic E-state index is 6.50. The van der Waals surface area contributed by atoms with Crippen molar-refractivity contribution < 1.29 is 9.47 Å². The fourth-order valence-electron chi connectivity index (χ4n) is 2.87. The molecule has 27 heavy (non-hydrogen) atoms. The van der Waals surface area contributed by atoms with Crippen LogP contribution in [0.25, 0.3) is 0 Å². The Bertz CT molecular complexity index is 676. The molecule has 0 aliphatic heterocycles. The summed E-state index contributed by atoms with van der Waals surface area (Å²) in [6, 6.07) is 14.0. The van der Waals surface area contributed by atoms with Gasteiger partial charge in [0.05, 0.1) is 11.6 Å². The largest absolute Gasteiger partial charge is 0.490 e. The van der Waals surface area contributed by atoms with E-state index in [1.165, 1.54) is 0 Å².